The van der Waals surface area contributed by atoms with Crippen LogP contribution >= 0.6 is 0 Å². The van der Waals surface area contributed by atoms with Gasteiger partial charge in [0.25, 0.3) is 0 Å². The minimum absolute atomic E-state index is 0.0452. The Morgan fingerprint density at radius 3 is 2.71 bits per heavy atom. The number of nitrogens with two attached hydrogens (primary N) is 1. The third-order valence-electron chi connectivity index (χ3n) is 2.15. The number of benzene rings is 1. The highest BCUT2D eigenvalue weighted by Gasteiger charge is 2.13. The predicted octanol–water partition coefficient (Wildman–Crippen LogP) is 1.90. The van der Waals surface area contributed by atoms with E-state index in [0.29, 0.717) is 25.3 Å². The number of hydrogen-bond acceptors (Lipinski definition) is 2. The van der Waals surface area contributed by atoms with Crippen LogP contribution in [0.2, 0.25) is 0 Å². The standard InChI is InChI=1S/C11H16FNO/c1-2-14-8-9(7-13)10-5-3-4-6-11(10)12/h3-6,9H,2,7-8,13H2,1H3. The van der Waals surface area contributed by atoms with Crippen LogP contribution in [-0.4, -0.2) is 19.8 Å². The molecule has 2 nitrogen and oxygen atoms in total. The number of halogens is 1. The van der Waals surface area contributed by atoms with Crippen LogP contribution in [0, 0.1) is 5.82 Å². The highest BCUT2D eigenvalue weighted by Crippen LogP contribution is 2.18. The summed E-state index contributed by atoms with van der Waals surface area (Å²) >= 11 is 0. The molecule has 14 heavy (non-hydrogen) atoms. The first-order valence-corrected chi connectivity index (χ1v) is 4.81. The molecule has 1 aromatic rings. The molecule has 0 radical (unpaired) electrons. The van der Waals surface area contributed by atoms with Gasteiger partial charge >= 0.3 is 0 Å². The van der Waals surface area contributed by atoms with E-state index in [0.717, 1.165) is 0 Å². The van der Waals surface area contributed by atoms with E-state index in [1.807, 2.05) is 13.0 Å². The van der Waals surface area contributed by atoms with Crippen LogP contribution in [0.4, 0.5) is 4.39 Å². The molecule has 2 N–H and O–H groups in total. The number of rotatable bonds is 5. The van der Waals surface area contributed by atoms with Crippen molar-refractivity contribution in [3.63, 3.8) is 0 Å². The molecular weight excluding hydrogens is 181 g/mol. The smallest absolute Gasteiger partial charge is 0.126 e. The Kier molecular flexibility index (Phi) is 4.56. The lowest BCUT2D eigenvalue weighted by molar-refractivity contribution is 0.133. The Morgan fingerprint density at radius 1 is 1.43 bits per heavy atom. The fourth-order valence-electron chi connectivity index (χ4n) is 1.35. The van der Waals surface area contributed by atoms with Gasteiger partial charge in [-0.1, -0.05) is 18.2 Å². The lowest BCUT2D eigenvalue weighted by atomic mass is 10.00. The van der Waals surface area contributed by atoms with Crippen LogP contribution < -0.4 is 5.73 Å². The molecule has 3 heteroatoms. The van der Waals surface area contributed by atoms with E-state index in [9.17, 15) is 4.39 Å². The summed E-state index contributed by atoms with van der Waals surface area (Å²) < 4.78 is 18.6. The van der Waals surface area contributed by atoms with Crippen molar-refractivity contribution >= 4 is 0 Å². The third kappa shape index (κ3) is 2.79. The zero-order chi connectivity index (χ0) is 10.4. The van der Waals surface area contributed by atoms with Gasteiger partial charge in [-0.05, 0) is 18.6 Å². The summed E-state index contributed by atoms with van der Waals surface area (Å²) in [6.07, 6.45) is 0. The largest absolute Gasteiger partial charge is 0.381 e. The van der Waals surface area contributed by atoms with Crippen molar-refractivity contribution in [2.75, 3.05) is 19.8 Å². The molecular formula is C11H16FNO. The minimum atomic E-state index is -0.206. The topological polar surface area (TPSA) is 35.2 Å². The van der Waals surface area contributed by atoms with Crippen molar-refractivity contribution in [2.45, 2.75) is 12.8 Å². The fourth-order valence-corrected chi connectivity index (χ4v) is 1.35. The quantitative estimate of drug-likeness (QED) is 0.782. The van der Waals surface area contributed by atoms with E-state index < -0.39 is 0 Å². The van der Waals surface area contributed by atoms with E-state index in [4.69, 9.17) is 10.5 Å². The van der Waals surface area contributed by atoms with E-state index in [1.165, 1.54) is 6.07 Å². The predicted molar refractivity (Wildman–Crippen MR) is 54.7 cm³/mol. The SMILES string of the molecule is CCOCC(CN)c1ccccc1F. The van der Waals surface area contributed by atoms with Gasteiger partial charge in [-0.25, -0.2) is 4.39 Å². The van der Waals surface area contributed by atoms with Crippen LogP contribution in [0.1, 0.15) is 18.4 Å². The normalized spacial score (nSPS) is 12.8. The Hall–Kier alpha value is -0.930. The molecule has 0 aliphatic heterocycles. The first-order chi connectivity index (χ1) is 6.79. The van der Waals surface area contributed by atoms with Crippen LogP contribution in [0.15, 0.2) is 24.3 Å². The molecule has 0 bridgehead atoms. The summed E-state index contributed by atoms with van der Waals surface area (Å²) in [5.74, 6) is -0.251. The molecule has 0 spiro atoms. The minimum Gasteiger partial charge on any atom is -0.381 e. The maximum absolute atomic E-state index is 13.3. The van der Waals surface area contributed by atoms with Crippen molar-refractivity contribution in [1.29, 1.82) is 0 Å². The molecule has 1 aromatic carbocycles. The third-order valence-corrected chi connectivity index (χ3v) is 2.15. The number of hydrogen-bond donors (Lipinski definition) is 1. The second kappa shape index (κ2) is 5.73. The molecule has 0 amide bonds. The first-order valence-electron chi connectivity index (χ1n) is 4.81. The van der Waals surface area contributed by atoms with Gasteiger partial charge in [0, 0.05) is 19.1 Å². The average molecular weight is 197 g/mol. The fraction of sp³-hybridized carbons (Fsp3) is 0.455. The molecule has 1 unspecified atom stereocenters. The van der Waals surface area contributed by atoms with Gasteiger partial charge in [0.15, 0.2) is 0 Å². The van der Waals surface area contributed by atoms with Crippen molar-refractivity contribution in [3.8, 4) is 0 Å². The van der Waals surface area contributed by atoms with E-state index >= 15 is 0 Å². The highest BCUT2D eigenvalue weighted by atomic mass is 19.1. The Labute approximate surface area is 83.9 Å². The Balaban J connectivity index is 2.73. The van der Waals surface area contributed by atoms with Crippen LogP contribution in [0.5, 0.6) is 0 Å². The molecule has 0 aliphatic rings. The summed E-state index contributed by atoms with van der Waals surface area (Å²) in [5, 5.41) is 0. The van der Waals surface area contributed by atoms with Crippen molar-refractivity contribution in [1.82, 2.24) is 0 Å². The van der Waals surface area contributed by atoms with E-state index in [-0.39, 0.29) is 11.7 Å². The Morgan fingerprint density at radius 2 is 2.14 bits per heavy atom. The maximum atomic E-state index is 13.3. The van der Waals surface area contributed by atoms with Crippen LogP contribution in [-0.2, 0) is 4.74 Å². The molecule has 0 saturated heterocycles. The van der Waals surface area contributed by atoms with Gasteiger partial charge in [0.1, 0.15) is 5.82 Å². The summed E-state index contributed by atoms with van der Waals surface area (Å²) in [6, 6.07) is 6.69. The molecule has 1 rings (SSSR count). The lowest BCUT2D eigenvalue weighted by Gasteiger charge is -2.15. The first kappa shape index (κ1) is 11.1. The average Bonchev–Trinajstić information content (AvgIpc) is 2.21. The molecule has 0 fully saturated rings. The zero-order valence-corrected chi connectivity index (χ0v) is 8.37. The molecule has 0 aromatic heterocycles. The van der Waals surface area contributed by atoms with Gasteiger partial charge in [0.05, 0.1) is 6.61 Å². The summed E-state index contributed by atoms with van der Waals surface area (Å²) in [6.45, 7) is 3.43. The van der Waals surface area contributed by atoms with Gasteiger partial charge < -0.3 is 10.5 Å². The highest BCUT2D eigenvalue weighted by molar-refractivity contribution is 5.22. The summed E-state index contributed by atoms with van der Waals surface area (Å²) in [4.78, 5) is 0. The molecule has 0 aliphatic carbocycles. The Bertz CT molecular complexity index is 278. The monoisotopic (exact) mass is 197 g/mol. The van der Waals surface area contributed by atoms with Crippen LogP contribution in [0.25, 0.3) is 0 Å². The van der Waals surface area contributed by atoms with E-state index in [1.54, 1.807) is 12.1 Å². The molecule has 0 saturated carbocycles. The maximum Gasteiger partial charge on any atom is 0.126 e. The van der Waals surface area contributed by atoms with Gasteiger partial charge in [0.2, 0.25) is 0 Å². The molecule has 0 heterocycles. The van der Waals surface area contributed by atoms with Crippen molar-refractivity contribution in [2.24, 2.45) is 5.73 Å². The van der Waals surface area contributed by atoms with Gasteiger partial charge in [-0.3, -0.25) is 0 Å². The van der Waals surface area contributed by atoms with Crippen molar-refractivity contribution < 1.29 is 9.13 Å². The summed E-state index contributed by atoms with van der Waals surface area (Å²) in [5.41, 5.74) is 6.21. The van der Waals surface area contributed by atoms with Gasteiger partial charge in [-0.15, -0.1) is 0 Å². The zero-order valence-electron chi connectivity index (χ0n) is 8.37. The van der Waals surface area contributed by atoms with Gasteiger partial charge in [-0.2, -0.15) is 0 Å². The summed E-state index contributed by atoms with van der Waals surface area (Å²) in [7, 11) is 0. The van der Waals surface area contributed by atoms with E-state index in [2.05, 4.69) is 0 Å². The molecule has 78 valence electrons. The van der Waals surface area contributed by atoms with Crippen molar-refractivity contribution in [3.05, 3.63) is 35.6 Å². The second-order valence-corrected chi connectivity index (χ2v) is 3.11. The number of ether oxygens (including phenoxy) is 1. The molecule has 1 atom stereocenters. The second-order valence-electron chi connectivity index (χ2n) is 3.11. The lowest BCUT2D eigenvalue weighted by Crippen LogP contribution is -2.19. The van der Waals surface area contributed by atoms with Crippen LogP contribution in [0.3, 0.4) is 0 Å².